The van der Waals surface area contributed by atoms with Crippen LogP contribution in [0.3, 0.4) is 0 Å². The number of rotatable bonds is 5. The molecule has 1 aromatic carbocycles. The lowest BCUT2D eigenvalue weighted by Crippen LogP contribution is -2.52. The van der Waals surface area contributed by atoms with E-state index in [0.717, 1.165) is 57.4 Å². The first-order valence-corrected chi connectivity index (χ1v) is 11.4. The number of aliphatic imine (C=N–C) groups is 1. The van der Waals surface area contributed by atoms with E-state index in [1.165, 1.54) is 12.0 Å². The third-order valence-electron chi connectivity index (χ3n) is 6.07. The first-order valence-electron chi connectivity index (χ1n) is 10.4. The number of hydrogen-bond acceptors (Lipinski definition) is 3. The zero-order valence-electron chi connectivity index (χ0n) is 17.5. The molecular formula is C22H36IN3OS. The molecule has 1 aromatic rings. The Morgan fingerprint density at radius 2 is 2.00 bits per heavy atom. The van der Waals surface area contributed by atoms with Crippen LogP contribution in [0.5, 0.6) is 0 Å². The van der Waals surface area contributed by atoms with Crippen molar-refractivity contribution in [3.8, 4) is 0 Å². The second kappa shape index (κ2) is 11.6. The summed E-state index contributed by atoms with van der Waals surface area (Å²) in [7, 11) is 1.92. The minimum atomic E-state index is 0. The summed E-state index contributed by atoms with van der Waals surface area (Å²) in [5.74, 6) is 3.50. The van der Waals surface area contributed by atoms with Crippen molar-refractivity contribution in [1.29, 1.82) is 0 Å². The van der Waals surface area contributed by atoms with Gasteiger partial charge in [0.25, 0.3) is 0 Å². The predicted octanol–water partition coefficient (Wildman–Crippen LogP) is 4.61. The normalized spacial score (nSPS) is 25.1. The molecule has 0 radical (unpaired) electrons. The van der Waals surface area contributed by atoms with Crippen LogP contribution < -0.4 is 5.32 Å². The maximum absolute atomic E-state index is 5.61. The Balaban J connectivity index is 0.00000280. The highest BCUT2D eigenvalue weighted by molar-refractivity contribution is 14.0. The molecule has 2 atom stereocenters. The van der Waals surface area contributed by atoms with E-state index in [1.807, 2.05) is 7.05 Å². The maximum Gasteiger partial charge on any atom is 0.193 e. The number of thioether (sulfide) groups is 1. The van der Waals surface area contributed by atoms with Crippen molar-refractivity contribution in [2.45, 2.75) is 43.8 Å². The van der Waals surface area contributed by atoms with Gasteiger partial charge in [-0.05, 0) is 42.4 Å². The van der Waals surface area contributed by atoms with Gasteiger partial charge in [0.05, 0.1) is 0 Å². The zero-order valence-corrected chi connectivity index (χ0v) is 20.7. The quantitative estimate of drug-likeness (QED) is 0.352. The van der Waals surface area contributed by atoms with Crippen LogP contribution in [0.4, 0.5) is 0 Å². The number of guanidine groups is 1. The van der Waals surface area contributed by atoms with Crippen molar-refractivity contribution in [3.63, 3.8) is 0 Å². The third kappa shape index (κ3) is 6.02. The van der Waals surface area contributed by atoms with Crippen LogP contribution in [-0.2, 0) is 4.74 Å². The molecule has 0 spiro atoms. The highest BCUT2D eigenvalue weighted by atomic mass is 127. The molecule has 2 aliphatic rings. The van der Waals surface area contributed by atoms with Crippen LogP contribution in [0.15, 0.2) is 35.3 Å². The van der Waals surface area contributed by atoms with Crippen LogP contribution in [0, 0.1) is 5.92 Å². The van der Waals surface area contributed by atoms with E-state index in [2.05, 4.69) is 71.2 Å². The first kappa shape index (κ1) is 23.8. The molecule has 0 bridgehead atoms. The van der Waals surface area contributed by atoms with Gasteiger partial charge >= 0.3 is 0 Å². The molecule has 2 saturated heterocycles. The zero-order chi connectivity index (χ0) is 19.1. The summed E-state index contributed by atoms with van der Waals surface area (Å²) in [6, 6.07) is 11.0. The Morgan fingerprint density at radius 1 is 1.29 bits per heavy atom. The molecule has 6 heteroatoms. The van der Waals surface area contributed by atoms with Crippen LogP contribution in [0.25, 0.3) is 0 Å². The van der Waals surface area contributed by atoms with Crippen LogP contribution >= 0.6 is 35.7 Å². The van der Waals surface area contributed by atoms with E-state index in [9.17, 15) is 0 Å². The second-order valence-corrected chi connectivity index (χ2v) is 9.59. The largest absolute Gasteiger partial charge is 0.381 e. The Morgan fingerprint density at radius 3 is 2.61 bits per heavy atom. The summed E-state index contributed by atoms with van der Waals surface area (Å²) in [6.45, 7) is 9.52. The van der Waals surface area contributed by atoms with E-state index in [1.54, 1.807) is 0 Å². The van der Waals surface area contributed by atoms with Gasteiger partial charge in [-0.2, -0.15) is 11.8 Å². The number of piperidine rings is 1. The Bertz CT molecular complexity index is 602. The highest BCUT2D eigenvalue weighted by Gasteiger charge is 2.34. The number of likely N-dealkylation sites (tertiary alicyclic amines) is 1. The van der Waals surface area contributed by atoms with Crippen LogP contribution in [0.2, 0.25) is 0 Å². The van der Waals surface area contributed by atoms with Crippen molar-refractivity contribution in [2.75, 3.05) is 45.6 Å². The number of benzene rings is 1. The number of halogens is 1. The molecule has 0 amide bonds. The maximum atomic E-state index is 5.61. The SMILES string of the molecule is CCSC1(CNC(=NC)N2CCC(c3ccccc3)C(C)C2)CCOCC1.I. The third-order valence-corrected chi connectivity index (χ3v) is 7.52. The summed E-state index contributed by atoms with van der Waals surface area (Å²) < 4.78 is 5.90. The topological polar surface area (TPSA) is 36.9 Å². The fourth-order valence-corrected chi connectivity index (χ4v) is 5.77. The van der Waals surface area contributed by atoms with Crippen LogP contribution in [-0.4, -0.2) is 61.3 Å². The molecule has 0 saturated carbocycles. The van der Waals surface area contributed by atoms with Gasteiger partial charge < -0.3 is 15.0 Å². The molecular weight excluding hydrogens is 481 g/mol. The van der Waals surface area contributed by atoms with E-state index in [-0.39, 0.29) is 28.7 Å². The standard InChI is InChI=1S/C22H35N3OS.HI/c1-4-27-22(11-14-26-15-12-22)17-24-21(23-3)25-13-10-20(18(2)16-25)19-8-6-5-7-9-19;/h5-9,18,20H,4,10-17H2,1-3H3,(H,23,24);1H. The van der Waals surface area contributed by atoms with Gasteiger partial charge in [-0.1, -0.05) is 44.2 Å². The van der Waals surface area contributed by atoms with E-state index in [4.69, 9.17) is 4.74 Å². The number of nitrogens with one attached hydrogen (secondary N) is 1. The van der Waals surface area contributed by atoms with Crippen molar-refractivity contribution >= 4 is 41.7 Å². The van der Waals surface area contributed by atoms with Crippen molar-refractivity contribution in [1.82, 2.24) is 10.2 Å². The summed E-state index contributed by atoms with van der Waals surface area (Å²) in [5, 5.41) is 3.71. The van der Waals surface area contributed by atoms with Gasteiger partial charge in [0.2, 0.25) is 0 Å². The Hall–Kier alpha value is -0.470. The molecule has 3 rings (SSSR count). The lowest BCUT2D eigenvalue weighted by molar-refractivity contribution is 0.0779. The minimum absolute atomic E-state index is 0. The Labute approximate surface area is 192 Å². The van der Waals surface area contributed by atoms with Gasteiger partial charge in [0.15, 0.2) is 5.96 Å². The fourth-order valence-electron chi connectivity index (χ4n) is 4.53. The van der Waals surface area contributed by atoms with E-state index < -0.39 is 0 Å². The van der Waals surface area contributed by atoms with E-state index in [0.29, 0.717) is 11.8 Å². The van der Waals surface area contributed by atoms with E-state index >= 15 is 0 Å². The predicted molar refractivity (Wildman–Crippen MR) is 132 cm³/mol. The summed E-state index contributed by atoms with van der Waals surface area (Å²) >= 11 is 2.08. The molecule has 1 N–H and O–H groups in total. The van der Waals surface area contributed by atoms with Gasteiger partial charge in [-0.3, -0.25) is 4.99 Å². The number of ether oxygens (including phenoxy) is 1. The molecule has 158 valence electrons. The molecule has 0 aromatic heterocycles. The number of nitrogens with zero attached hydrogens (tertiary/aromatic N) is 2. The molecule has 4 nitrogen and oxygen atoms in total. The van der Waals surface area contributed by atoms with Crippen molar-refractivity contribution in [2.24, 2.45) is 10.9 Å². The molecule has 2 unspecified atom stereocenters. The lowest BCUT2D eigenvalue weighted by atomic mass is 9.82. The van der Waals surface area contributed by atoms with Gasteiger partial charge in [0.1, 0.15) is 0 Å². The molecule has 2 fully saturated rings. The highest BCUT2D eigenvalue weighted by Crippen LogP contribution is 2.35. The molecule has 2 aliphatic heterocycles. The molecule has 2 heterocycles. The molecule has 28 heavy (non-hydrogen) atoms. The number of hydrogen-bond donors (Lipinski definition) is 1. The van der Waals surface area contributed by atoms with Crippen LogP contribution in [0.1, 0.15) is 44.6 Å². The first-order chi connectivity index (χ1) is 13.2. The smallest absolute Gasteiger partial charge is 0.193 e. The lowest BCUT2D eigenvalue weighted by Gasteiger charge is -2.41. The van der Waals surface area contributed by atoms with Gasteiger partial charge in [-0.15, -0.1) is 24.0 Å². The van der Waals surface area contributed by atoms with Gasteiger partial charge in [-0.25, -0.2) is 0 Å². The Kier molecular flexibility index (Phi) is 9.90. The monoisotopic (exact) mass is 517 g/mol. The van der Waals surface area contributed by atoms with Crippen molar-refractivity contribution in [3.05, 3.63) is 35.9 Å². The average molecular weight is 518 g/mol. The second-order valence-electron chi connectivity index (χ2n) is 7.86. The van der Waals surface area contributed by atoms with Crippen molar-refractivity contribution < 1.29 is 4.74 Å². The summed E-state index contributed by atoms with van der Waals surface area (Å²) in [6.07, 6.45) is 3.44. The summed E-state index contributed by atoms with van der Waals surface area (Å²) in [4.78, 5) is 7.06. The fraction of sp³-hybridized carbons (Fsp3) is 0.682. The minimum Gasteiger partial charge on any atom is -0.381 e. The molecule has 0 aliphatic carbocycles. The van der Waals surface area contributed by atoms with Gasteiger partial charge in [0, 0.05) is 44.6 Å². The average Bonchev–Trinajstić information content (AvgIpc) is 2.70. The summed E-state index contributed by atoms with van der Waals surface area (Å²) in [5.41, 5.74) is 1.48.